The van der Waals surface area contributed by atoms with Crippen LogP contribution in [-0.4, -0.2) is 18.1 Å². The average molecular weight is 134 g/mol. The largest absolute Gasteiger partial charge is 0.363 e. The molecule has 0 amide bonds. The summed E-state index contributed by atoms with van der Waals surface area (Å²) in [5, 5.41) is 0. The molecule has 2 rings (SSSR count). The number of halogens is 2. The molecule has 0 radical (unpaired) electrons. The van der Waals surface area contributed by atoms with Crippen molar-refractivity contribution in [2.45, 2.75) is 30.8 Å². The molecule has 1 spiro atoms. The average Bonchev–Trinajstić information content (AvgIpc) is 2.41. The number of epoxide rings is 1. The van der Waals surface area contributed by atoms with Gasteiger partial charge in [0.15, 0.2) is 5.60 Å². The lowest BCUT2D eigenvalue weighted by atomic mass is 10.1. The summed E-state index contributed by atoms with van der Waals surface area (Å²) in [6.45, 7) is 0.278. The first kappa shape index (κ1) is 5.59. The van der Waals surface area contributed by atoms with Gasteiger partial charge in [0, 0.05) is 6.42 Å². The summed E-state index contributed by atoms with van der Waals surface area (Å²) in [7, 11) is 0. The zero-order chi connectivity index (χ0) is 6.54. The van der Waals surface area contributed by atoms with E-state index in [0.717, 1.165) is 0 Å². The van der Waals surface area contributed by atoms with Gasteiger partial charge in [-0.1, -0.05) is 0 Å². The highest BCUT2D eigenvalue weighted by molar-refractivity contribution is 5.08. The zero-order valence-corrected chi connectivity index (χ0v) is 4.99. The zero-order valence-electron chi connectivity index (χ0n) is 4.99. The van der Waals surface area contributed by atoms with Crippen molar-refractivity contribution in [2.24, 2.45) is 0 Å². The van der Waals surface area contributed by atoms with Crippen LogP contribution in [-0.2, 0) is 4.74 Å². The van der Waals surface area contributed by atoms with Crippen LogP contribution in [0, 0.1) is 0 Å². The molecule has 1 saturated heterocycles. The van der Waals surface area contributed by atoms with Crippen molar-refractivity contribution in [1.29, 1.82) is 0 Å². The van der Waals surface area contributed by atoms with Crippen LogP contribution in [0.3, 0.4) is 0 Å². The molecular weight excluding hydrogens is 126 g/mol. The molecule has 0 aromatic heterocycles. The second-order valence-electron chi connectivity index (χ2n) is 2.84. The van der Waals surface area contributed by atoms with Crippen molar-refractivity contribution in [3.8, 4) is 0 Å². The van der Waals surface area contributed by atoms with Gasteiger partial charge in [0.2, 0.25) is 0 Å². The second kappa shape index (κ2) is 1.29. The van der Waals surface area contributed by atoms with E-state index in [1.54, 1.807) is 0 Å². The summed E-state index contributed by atoms with van der Waals surface area (Å²) >= 11 is 0. The van der Waals surface area contributed by atoms with Crippen molar-refractivity contribution in [3.63, 3.8) is 0 Å². The van der Waals surface area contributed by atoms with Gasteiger partial charge in [0.1, 0.15) is 0 Å². The molecule has 3 heteroatoms. The lowest BCUT2D eigenvalue weighted by Gasteiger charge is -2.12. The van der Waals surface area contributed by atoms with Crippen LogP contribution in [0.2, 0.25) is 0 Å². The third kappa shape index (κ3) is 0.556. The smallest absolute Gasteiger partial charge is 0.278 e. The lowest BCUT2D eigenvalue weighted by Crippen LogP contribution is -2.30. The van der Waals surface area contributed by atoms with Crippen LogP contribution >= 0.6 is 0 Å². The summed E-state index contributed by atoms with van der Waals surface area (Å²) in [4.78, 5) is 0. The molecule has 0 aromatic carbocycles. The van der Waals surface area contributed by atoms with Crippen LogP contribution in [0.5, 0.6) is 0 Å². The normalized spacial score (nSPS) is 46.0. The van der Waals surface area contributed by atoms with Crippen molar-refractivity contribution in [3.05, 3.63) is 0 Å². The Morgan fingerprint density at radius 1 is 1.22 bits per heavy atom. The molecule has 1 aliphatic heterocycles. The van der Waals surface area contributed by atoms with Crippen LogP contribution in [0.1, 0.15) is 19.3 Å². The molecule has 0 bridgehead atoms. The minimum absolute atomic E-state index is 0.0208. The highest BCUT2D eigenvalue weighted by Crippen LogP contribution is 2.53. The van der Waals surface area contributed by atoms with Crippen LogP contribution < -0.4 is 0 Å². The molecule has 0 N–H and O–H groups in total. The van der Waals surface area contributed by atoms with Crippen LogP contribution in [0.25, 0.3) is 0 Å². The molecule has 1 heterocycles. The van der Waals surface area contributed by atoms with E-state index in [9.17, 15) is 8.78 Å². The Morgan fingerprint density at radius 2 is 1.89 bits per heavy atom. The van der Waals surface area contributed by atoms with Gasteiger partial charge < -0.3 is 4.74 Å². The van der Waals surface area contributed by atoms with Crippen molar-refractivity contribution < 1.29 is 13.5 Å². The predicted molar refractivity (Wildman–Crippen MR) is 27.5 cm³/mol. The molecule has 1 unspecified atom stereocenters. The first-order valence-corrected chi connectivity index (χ1v) is 3.18. The highest BCUT2D eigenvalue weighted by Gasteiger charge is 2.66. The fraction of sp³-hybridized carbons (Fsp3) is 1.00. The van der Waals surface area contributed by atoms with E-state index in [1.165, 1.54) is 0 Å². The molecule has 52 valence electrons. The Bertz CT molecular complexity index is 136. The van der Waals surface area contributed by atoms with Gasteiger partial charge in [-0.15, -0.1) is 0 Å². The first-order valence-electron chi connectivity index (χ1n) is 3.18. The van der Waals surface area contributed by atoms with E-state index in [4.69, 9.17) is 4.74 Å². The summed E-state index contributed by atoms with van der Waals surface area (Å²) in [5.74, 6) is -2.52. The minimum atomic E-state index is -2.52. The van der Waals surface area contributed by atoms with Gasteiger partial charge in [0.25, 0.3) is 5.92 Å². The third-order valence-electron chi connectivity index (χ3n) is 2.23. The van der Waals surface area contributed by atoms with E-state index in [0.29, 0.717) is 12.8 Å². The Kier molecular flexibility index (Phi) is 0.799. The van der Waals surface area contributed by atoms with E-state index in [2.05, 4.69) is 0 Å². The molecule has 2 fully saturated rings. The molecule has 1 aliphatic carbocycles. The van der Waals surface area contributed by atoms with Gasteiger partial charge in [-0.05, 0) is 12.8 Å². The van der Waals surface area contributed by atoms with Crippen molar-refractivity contribution >= 4 is 0 Å². The molecule has 1 saturated carbocycles. The summed E-state index contributed by atoms with van der Waals surface area (Å²) in [5.41, 5.74) is -0.993. The van der Waals surface area contributed by atoms with Crippen molar-refractivity contribution in [1.82, 2.24) is 0 Å². The number of rotatable bonds is 0. The molecular formula is C6H8F2O. The minimum Gasteiger partial charge on any atom is -0.363 e. The Morgan fingerprint density at radius 3 is 2.11 bits per heavy atom. The van der Waals surface area contributed by atoms with Gasteiger partial charge in [-0.3, -0.25) is 0 Å². The number of alkyl halides is 2. The fourth-order valence-corrected chi connectivity index (χ4v) is 1.45. The molecule has 2 aliphatic rings. The first-order chi connectivity index (χ1) is 4.16. The van der Waals surface area contributed by atoms with E-state index < -0.39 is 11.5 Å². The SMILES string of the molecule is FC1(F)CCCC12CO2. The van der Waals surface area contributed by atoms with Gasteiger partial charge in [-0.2, -0.15) is 0 Å². The second-order valence-corrected chi connectivity index (χ2v) is 2.84. The van der Waals surface area contributed by atoms with Gasteiger partial charge in [-0.25, -0.2) is 8.78 Å². The predicted octanol–water partition coefficient (Wildman–Crippen LogP) is 1.57. The van der Waals surface area contributed by atoms with Crippen LogP contribution in [0.15, 0.2) is 0 Å². The maximum Gasteiger partial charge on any atom is 0.278 e. The highest BCUT2D eigenvalue weighted by atomic mass is 19.3. The van der Waals surface area contributed by atoms with Gasteiger partial charge >= 0.3 is 0 Å². The topological polar surface area (TPSA) is 12.5 Å². The fourth-order valence-electron chi connectivity index (χ4n) is 1.45. The van der Waals surface area contributed by atoms with E-state index in [-0.39, 0.29) is 13.0 Å². The quantitative estimate of drug-likeness (QED) is 0.458. The monoisotopic (exact) mass is 134 g/mol. The summed E-state index contributed by atoms with van der Waals surface area (Å²) in [6, 6.07) is 0. The number of hydrogen-bond donors (Lipinski definition) is 0. The summed E-state index contributed by atoms with van der Waals surface area (Å²) < 4.78 is 30.0. The number of hydrogen-bond acceptors (Lipinski definition) is 1. The molecule has 9 heavy (non-hydrogen) atoms. The maximum atomic E-state index is 12.7. The van der Waals surface area contributed by atoms with Crippen LogP contribution in [0.4, 0.5) is 8.78 Å². The molecule has 1 atom stereocenters. The summed E-state index contributed by atoms with van der Waals surface area (Å²) in [6.07, 6.45) is 1.19. The maximum absolute atomic E-state index is 12.7. The standard InChI is InChI=1S/C6H8F2O/c7-6(8)3-1-2-5(6)4-9-5/h1-4H2. The Hall–Kier alpha value is -0.180. The van der Waals surface area contributed by atoms with Gasteiger partial charge in [0.05, 0.1) is 6.61 Å². The van der Waals surface area contributed by atoms with E-state index in [1.807, 2.05) is 0 Å². The molecule has 0 aromatic rings. The third-order valence-corrected chi connectivity index (χ3v) is 2.23. The van der Waals surface area contributed by atoms with E-state index >= 15 is 0 Å². The number of ether oxygens (including phenoxy) is 1. The van der Waals surface area contributed by atoms with Crippen molar-refractivity contribution in [2.75, 3.05) is 6.61 Å². The Labute approximate surface area is 52.0 Å². The Balaban J connectivity index is 2.23. The lowest BCUT2D eigenvalue weighted by molar-refractivity contribution is -0.0530. The molecule has 1 nitrogen and oxygen atoms in total.